The van der Waals surface area contributed by atoms with Crippen LogP contribution in [0.1, 0.15) is 42.5 Å². The van der Waals surface area contributed by atoms with Crippen LogP contribution in [0.4, 0.5) is 0 Å². The molecular weight excluding hydrogens is 404 g/mol. The van der Waals surface area contributed by atoms with E-state index in [1.54, 1.807) is 23.9 Å². The summed E-state index contributed by atoms with van der Waals surface area (Å²) < 4.78 is 6.68. The van der Waals surface area contributed by atoms with Crippen molar-refractivity contribution in [3.63, 3.8) is 0 Å². The molecule has 2 aromatic heterocycles. The van der Waals surface area contributed by atoms with Gasteiger partial charge >= 0.3 is 0 Å². The molecule has 0 saturated heterocycles. The Morgan fingerprint density at radius 1 is 1.16 bits per heavy atom. The lowest BCUT2D eigenvalue weighted by molar-refractivity contribution is 0.0921. The topological polar surface area (TPSA) is 89.0 Å². The summed E-state index contributed by atoms with van der Waals surface area (Å²) in [6, 6.07) is 14.7. The number of methoxy groups -OCH3 is 1. The number of rotatable bonds is 8. The molecule has 0 aliphatic rings. The first kappa shape index (κ1) is 21.8. The maximum Gasteiger partial charge on any atom is 0.258 e. The molecular formula is C25H28N4O3. The van der Waals surface area contributed by atoms with E-state index in [2.05, 4.69) is 24.1 Å². The highest BCUT2D eigenvalue weighted by atomic mass is 16.5. The summed E-state index contributed by atoms with van der Waals surface area (Å²) in [5, 5.41) is 4.33. The van der Waals surface area contributed by atoms with Crippen LogP contribution in [-0.2, 0) is 11.3 Å². The molecule has 2 aromatic carbocycles. The van der Waals surface area contributed by atoms with Gasteiger partial charge in [0, 0.05) is 30.6 Å². The van der Waals surface area contributed by atoms with E-state index in [-0.39, 0.29) is 23.4 Å². The van der Waals surface area contributed by atoms with Crippen molar-refractivity contribution in [2.24, 2.45) is 5.92 Å². The third-order valence-corrected chi connectivity index (χ3v) is 5.98. The van der Waals surface area contributed by atoms with Crippen LogP contribution in [0.3, 0.4) is 0 Å². The fourth-order valence-electron chi connectivity index (χ4n) is 3.93. The van der Waals surface area contributed by atoms with E-state index in [1.807, 2.05) is 42.5 Å². The van der Waals surface area contributed by atoms with Gasteiger partial charge in [0.1, 0.15) is 5.82 Å². The Hall–Kier alpha value is -3.45. The van der Waals surface area contributed by atoms with E-state index in [9.17, 15) is 9.59 Å². The molecule has 1 amide bonds. The molecule has 0 unspecified atom stereocenters. The zero-order valence-electron chi connectivity index (χ0n) is 18.6. The van der Waals surface area contributed by atoms with Crippen LogP contribution < -0.4 is 10.9 Å². The van der Waals surface area contributed by atoms with Crippen molar-refractivity contribution in [1.82, 2.24) is 19.9 Å². The van der Waals surface area contributed by atoms with E-state index in [0.717, 1.165) is 23.3 Å². The second-order valence-electron chi connectivity index (χ2n) is 8.06. The minimum Gasteiger partial charge on any atom is -0.383 e. The Kier molecular flexibility index (Phi) is 6.37. The number of hydrogen-bond donors (Lipinski definition) is 2. The van der Waals surface area contributed by atoms with E-state index in [4.69, 9.17) is 9.72 Å². The predicted octanol–water partition coefficient (Wildman–Crippen LogP) is 4.04. The number of fused-ring (bicyclic) bond motifs is 2. The van der Waals surface area contributed by atoms with Gasteiger partial charge in [0.05, 0.1) is 29.2 Å². The number of para-hydroxylation sites is 2. The molecule has 4 aromatic rings. The Morgan fingerprint density at radius 2 is 1.88 bits per heavy atom. The summed E-state index contributed by atoms with van der Waals surface area (Å²) in [5.41, 5.74) is 2.12. The number of carbonyl (C=O) groups excluding carboxylic acids is 1. The third kappa shape index (κ3) is 4.16. The molecule has 32 heavy (non-hydrogen) atoms. The highest BCUT2D eigenvalue weighted by Crippen LogP contribution is 2.26. The van der Waals surface area contributed by atoms with Gasteiger partial charge in [-0.1, -0.05) is 50.6 Å². The van der Waals surface area contributed by atoms with Gasteiger partial charge in [-0.05, 0) is 24.1 Å². The van der Waals surface area contributed by atoms with E-state index < -0.39 is 0 Å². The maximum absolute atomic E-state index is 13.5. The average Bonchev–Trinajstić information content (AvgIpc) is 3.25. The van der Waals surface area contributed by atoms with Gasteiger partial charge in [0.15, 0.2) is 0 Å². The Bertz CT molecular complexity index is 1270. The van der Waals surface area contributed by atoms with Crippen molar-refractivity contribution in [2.45, 2.75) is 32.9 Å². The van der Waals surface area contributed by atoms with E-state index in [0.29, 0.717) is 29.5 Å². The lowest BCUT2D eigenvalue weighted by atomic mass is 9.97. The number of aromatic amines is 1. The first-order valence-corrected chi connectivity index (χ1v) is 10.9. The van der Waals surface area contributed by atoms with Crippen LogP contribution in [0.15, 0.2) is 59.5 Å². The minimum absolute atomic E-state index is 0.134. The molecule has 7 heteroatoms. The van der Waals surface area contributed by atoms with Crippen molar-refractivity contribution in [1.29, 1.82) is 0 Å². The fourth-order valence-corrected chi connectivity index (χ4v) is 3.93. The number of aromatic nitrogens is 3. The average molecular weight is 433 g/mol. The maximum atomic E-state index is 13.5. The van der Waals surface area contributed by atoms with Gasteiger partial charge in [0.25, 0.3) is 11.5 Å². The molecule has 0 aliphatic heterocycles. The standard InChI is InChI=1S/C25H28N4O3/c1-4-16(2)22(23-26-20-11-7-8-12-21(20)27-23)28-24(30)19-15-29(13-14-32-3)25(31)18-10-6-5-9-17(18)19/h5-12,15-16,22H,4,13-14H2,1-3H3,(H,26,27)(H,28,30)/t16-,22-/m1/s1. The number of amides is 1. The summed E-state index contributed by atoms with van der Waals surface area (Å²) in [5.74, 6) is 0.647. The van der Waals surface area contributed by atoms with Crippen molar-refractivity contribution < 1.29 is 9.53 Å². The van der Waals surface area contributed by atoms with Crippen molar-refractivity contribution >= 4 is 27.7 Å². The molecule has 2 N–H and O–H groups in total. The highest BCUT2D eigenvalue weighted by molar-refractivity contribution is 6.06. The SMILES string of the molecule is CC[C@@H](C)[C@@H](NC(=O)c1cn(CCOC)c(=O)c2ccccc12)c1nc2ccccc2[nH]1. The minimum atomic E-state index is -0.294. The van der Waals surface area contributed by atoms with Crippen LogP contribution >= 0.6 is 0 Å². The lowest BCUT2D eigenvalue weighted by Crippen LogP contribution is -2.34. The summed E-state index contributed by atoms with van der Waals surface area (Å²) in [4.78, 5) is 34.5. The van der Waals surface area contributed by atoms with Crippen molar-refractivity contribution in [2.75, 3.05) is 13.7 Å². The number of carbonyl (C=O) groups is 1. The molecule has 0 aliphatic carbocycles. The molecule has 0 saturated carbocycles. The predicted molar refractivity (Wildman–Crippen MR) is 126 cm³/mol. The molecule has 0 bridgehead atoms. The summed E-state index contributed by atoms with van der Waals surface area (Å²) >= 11 is 0. The molecule has 7 nitrogen and oxygen atoms in total. The molecule has 166 valence electrons. The third-order valence-electron chi connectivity index (χ3n) is 5.98. The number of H-pyrrole nitrogens is 1. The monoisotopic (exact) mass is 432 g/mol. The van der Waals surface area contributed by atoms with Crippen LogP contribution in [0.2, 0.25) is 0 Å². The lowest BCUT2D eigenvalue weighted by Gasteiger charge is -2.23. The molecule has 2 heterocycles. The molecule has 0 spiro atoms. The van der Waals surface area contributed by atoms with Crippen molar-refractivity contribution in [3.8, 4) is 0 Å². The molecule has 2 atom stereocenters. The van der Waals surface area contributed by atoms with E-state index in [1.165, 1.54) is 0 Å². The summed E-state index contributed by atoms with van der Waals surface area (Å²) in [6.07, 6.45) is 2.50. The molecule has 0 fully saturated rings. The van der Waals surface area contributed by atoms with Crippen molar-refractivity contribution in [3.05, 3.63) is 76.5 Å². The van der Waals surface area contributed by atoms with E-state index >= 15 is 0 Å². The summed E-state index contributed by atoms with van der Waals surface area (Å²) in [7, 11) is 1.59. The van der Waals surface area contributed by atoms with Crippen LogP contribution in [-0.4, -0.2) is 34.2 Å². The van der Waals surface area contributed by atoms with Gasteiger partial charge < -0.3 is 19.6 Å². The number of nitrogens with one attached hydrogen (secondary N) is 2. The highest BCUT2D eigenvalue weighted by Gasteiger charge is 2.25. The zero-order chi connectivity index (χ0) is 22.7. The number of ether oxygens (including phenoxy) is 1. The van der Waals surface area contributed by atoms with Crippen LogP contribution in [0.5, 0.6) is 0 Å². The molecule has 0 radical (unpaired) electrons. The van der Waals surface area contributed by atoms with Gasteiger partial charge in [-0.25, -0.2) is 4.98 Å². The molecule has 4 rings (SSSR count). The Labute approximate surface area is 186 Å². The second kappa shape index (κ2) is 9.36. The summed E-state index contributed by atoms with van der Waals surface area (Å²) in [6.45, 7) is 4.94. The van der Waals surface area contributed by atoms with Gasteiger partial charge in [0.2, 0.25) is 0 Å². The van der Waals surface area contributed by atoms with Gasteiger partial charge in [-0.3, -0.25) is 9.59 Å². The number of imidazole rings is 1. The zero-order valence-corrected chi connectivity index (χ0v) is 18.6. The van der Waals surface area contributed by atoms with Gasteiger partial charge in [-0.15, -0.1) is 0 Å². The first-order chi connectivity index (χ1) is 15.5. The Balaban J connectivity index is 1.75. The fraction of sp³-hybridized carbons (Fsp3) is 0.320. The first-order valence-electron chi connectivity index (χ1n) is 10.9. The number of nitrogens with zero attached hydrogens (tertiary/aromatic N) is 2. The largest absolute Gasteiger partial charge is 0.383 e. The second-order valence-corrected chi connectivity index (χ2v) is 8.06. The van der Waals surface area contributed by atoms with Crippen LogP contribution in [0, 0.1) is 5.92 Å². The normalized spacial score (nSPS) is 13.3. The smallest absolute Gasteiger partial charge is 0.258 e. The number of hydrogen-bond acceptors (Lipinski definition) is 4. The number of benzene rings is 2. The quantitative estimate of drug-likeness (QED) is 0.440. The van der Waals surface area contributed by atoms with Gasteiger partial charge in [-0.2, -0.15) is 0 Å². The number of pyridine rings is 1. The Morgan fingerprint density at radius 3 is 2.59 bits per heavy atom. The van der Waals surface area contributed by atoms with Crippen LogP contribution in [0.25, 0.3) is 21.8 Å².